The largest absolute Gasteiger partial charge is 0.299 e. The quantitative estimate of drug-likeness (QED) is 0.787. The van der Waals surface area contributed by atoms with Crippen molar-refractivity contribution in [2.75, 3.05) is 13.1 Å². The summed E-state index contributed by atoms with van der Waals surface area (Å²) in [7, 11) is 0. The van der Waals surface area contributed by atoms with Crippen LogP contribution in [-0.4, -0.2) is 23.0 Å². The van der Waals surface area contributed by atoms with Gasteiger partial charge in [0, 0.05) is 12.7 Å². The van der Waals surface area contributed by atoms with Crippen LogP contribution in [0.5, 0.6) is 0 Å². The summed E-state index contributed by atoms with van der Waals surface area (Å²) in [6, 6.07) is 14.9. The van der Waals surface area contributed by atoms with E-state index in [0.717, 1.165) is 12.5 Å². The summed E-state index contributed by atoms with van der Waals surface area (Å²) in [4.78, 5) is 6.56. The van der Waals surface area contributed by atoms with Crippen LogP contribution in [0.25, 0.3) is 0 Å². The third kappa shape index (κ3) is 4.29. The monoisotopic (exact) mass is 300 g/mol. The van der Waals surface area contributed by atoms with Crippen molar-refractivity contribution < 1.29 is 0 Å². The number of rotatable bonds is 4. The lowest BCUT2D eigenvalue weighted by atomic mass is 9.90. The second-order valence-corrected chi connectivity index (χ2v) is 6.28. The molecular weight excluding hydrogens is 280 g/mol. The number of piperidine rings is 1. The molecule has 1 aromatic carbocycles. The highest BCUT2D eigenvalue weighted by Crippen LogP contribution is 2.23. The molecule has 0 bridgehead atoms. The van der Waals surface area contributed by atoms with Crippen molar-refractivity contribution in [1.29, 1.82) is 0 Å². The SMILES string of the molecule is Clc1cc(CN2CCC(Cc3ccccc3)CC2)ccn1. The summed E-state index contributed by atoms with van der Waals surface area (Å²) in [5.74, 6) is 0.824. The number of aromatic nitrogens is 1. The van der Waals surface area contributed by atoms with Gasteiger partial charge < -0.3 is 0 Å². The van der Waals surface area contributed by atoms with Gasteiger partial charge in [0.2, 0.25) is 0 Å². The van der Waals surface area contributed by atoms with Gasteiger partial charge in [0.25, 0.3) is 0 Å². The summed E-state index contributed by atoms with van der Waals surface area (Å²) in [5, 5.41) is 0.589. The zero-order valence-electron chi connectivity index (χ0n) is 12.2. The zero-order chi connectivity index (χ0) is 14.5. The first-order valence-corrected chi connectivity index (χ1v) is 8.04. The second-order valence-electron chi connectivity index (χ2n) is 5.90. The molecule has 2 heterocycles. The van der Waals surface area contributed by atoms with Gasteiger partial charge >= 0.3 is 0 Å². The predicted molar refractivity (Wildman–Crippen MR) is 87.4 cm³/mol. The van der Waals surface area contributed by atoms with Gasteiger partial charge in [0.05, 0.1) is 0 Å². The summed E-state index contributed by atoms with van der Waals surface area (Å²) in [5.41, 5.74) is 2.73. The Kier molecular flexibility index (Phi) is 4.89. The molecule has 0 spiro atoms. The van der Waals surface area contributed by atoms with Crippen molar-refractivity contribution >= 4 is 11.6 Å². The van der Waals surface area contributed by atoms with E-state index in [1.165, 1.54) is 43.5 Å². The lowest BCUT2D eigenvalue weighted by molar-refractivity contribution is 0.177. The maximum Gasteiger partial charge on any atom is 0.129 e. The highest BCUT2D eigenvalue weighted by Gasteiger charge is 2.19. The minimum Gasteiger partial charge on any atom is -0.299 e. The molecule has 0 saturated carbocycles. The van der Waals surface area contributed by atoms with Crippen molar-refractivity contribution in [2.24, 2.45) is 5.92 Å². The van der Waals surface area contributed by atoms with Gasteiger partial charge in [-0.25, -0.2) is 4.98 Å². The van der Waals surface area contributed by atoms with Gasteiger partial charge in [0.15, 0.2) is 0 Å². The van der Waals surface area contributed by atoms with Gasteiger partial charge in [-0.3, -0.25) is 4.90 Å². The molecule has 0 atom stereocenters. The van der Waals surface area contributed by atoms with Gasteiger partial charge in [-0.1, -0.05) is 41.9 Å². The molecule has 1 fully saturated rings. The molecule has 3 heteroatoms. The standard InChI is InChI=1S/C18H21ClN2/c19-18-13-17(6-9-20-18)14-21-10-7-16(8-11-21)12-15-4-2-1-3-5-15/h1-6,9,13,16H,7-8,10-12,14H2. The van der Waals surface area contributed by atoms with Crippen molar-refractivity contribution in [1.82, 2.24) is 9.88 Å². The zero-order valence-corrected chi connectivity index (χ0v) is 13.0. The van der Waals surface area contributed by atoms with Crippen LogP contribution in [0.1, 0.15) is 24.0 Å². The van der Waals surface area contributed by atoms with Gasteiger partial charge in [-0.05, 0) is 61.5 Å². The third-order valence-corrected chi connectivity index (χ3v) is 4.48. The van der Waals surface area contributed by atoms with E-state index in [0.29, 0.717) is 5.15 Å². The Hall–Kier alpha value is -1.38. The molecule has 2 nitrogen and oxygen atoms in total. The fourth-order valence-corrected chi connectivity index (χ4v) is 3.29. The van der Waals surface area contributed by atoms with E-state index in [-0.39, 0.29) is 0 Å². The first kappa shape index (κ1) is 14.6. The Bertz CT molecular complexity index is 562. The number of benzene rings is 1. The maximum atomic E-state index is 5.95. The predicted octanol–water partition coefficient (Wildman–Crippen LogP) is 4.19. The molecule has 3 rings (SSSR count). The summed E-state index contributed by atoms with van der Waals surface area (Å²) >= 11 is 5.95. The van der Waals surface area contributed by atoms with Crippen molar-refractivity contribution in [3.63, 3.8) is 0 Å². The first-order chi connectivity index (χ1) is 10.3. The van der Waals surface area contributed by atoms with E-state index in [4.69, 9.17) is 11.6 Å². The van der Waals surface area contributed by atoms with Crippen LogP contribution >= 0.6 is 11.6 Å². The van der Waals surface area contributed by atoms with Crippen molar-refractivity contribution in [2.45, 2.75) is 25.8 Å². The molecule has 21 heavy (non-hydrogen) atoms. The molecule has 0 radical (unpaired) electrons. The molecule has 1 aliphatic rings. The van der Waals surface area contributed by atoms with Crippen molar-refractivity contribution in [3.05, 3.63) is 64.9 Å². The summed E-state index contributed by atoms with van der Waals surface area (Å²) < 4.78 is 0. The molecule has 2 aromatic rings. The Morgan fingerprint density at radius 3 is 2.52 bits per heavy atom. The highest BCUT2D eigenvalue weighted by molar-refractivity contribution is 6.29. The minimum absolute atomic E-state index is 0.589. The molecular formula is C18H21ClN2. The molecule has 0 aliphatic carbocycles. The van der Waals surface area contributed by atoms with Gasteiger partial charge in [-0.2, -0.15) is 0 Å². The molecule has 1 aliphatic heterocycles. The Morgan fingerprint density at radius 1 is 1.05 bits per heavy atom. The molecule has 0 unspecified atom stereocenters. The van der Waals surface area contributed by atoms with Crippen LogP contribution < -0.4 is 0 Å². The number of likely N-dealkylation sites (tertiary alicyclic amines) is 1. The lowest BCUT2D eigenvalue weighted by Crippen LogP contribution is -2.33. The number of hydrogen-bond donors (Lipinski definition) is 0. The van der Waals surface area contributed by atoms with Crippen LogP contribution in [0.15, 0.2) is 48.7 Å². The van der Waals surface area contributed by atoms with Crippen LogP contribution in [0.2, 0.25) is 5.15 Å². The second kappa shape index (κ2) is 7.06. The van der Waals surface area contributed by atoms with E-state index in [9.17, 15) is 0 Å². The smallest absolute Gasteiger partial charge is 0.129 e. The average molecular weight is 301 g/mol. The summed E-state index contributed by atoms with van der Waals surface area (Å²) in [6.07, 6.45) is 5.58. The Labute approximate surface area is 131 Å². The minimum atomic E-state index is 0.589. The summed E-state index contributed by atoms with van der Waals surface area (Å²) in [6.45, 7) is 3.34. The van der Waals surface area contributed by atoms with E-state index < -0.39 is 0 Å². The van der Waals surface area contributed by atoms with Crippen molar-refractivity contribution in [3.8, 4) is 0 Å². The normalized spacial score (nSPS) is 17.0. The molecule has 1 aromatic heterocycles. The van der Waals surface area contributed by atoms with E-state index in [2.05, 4.69) is 46.3 Å². The Balaban J connectivity index is 1.49. The topological polar surface area (TPSA) is 16.1 Å². The molecule has 1 saturated heterocycles. The van der Waals surface area contributed by atoms with Crippen LogP contribution in [0, 0.1) is 5.92 Å². The first-order valence-electron chi connectivity index (χ1n) is 7.66. The van der Waals surface area contributed by atoms with E-state index in [1.807, 2.05) is 6.07 Å². The molecule has 0 amide bonds. The lowest BCUT2D eigenvalue weighted by Gasteiger charge is -2.32. The maximum absolute atomic E-state index is 5.95. The van der Waals surface area contributed by atoms with E-state index >= 15 is 0 Å². The number of hydrogen-bond acceptors (Lipinski definition) is 2. The number of nitrogens with zero attached hydrogens (tertiary/aromatic N) is 2. The fourth-order valence-electron chi connectivity index (χ4n) is 3.10. The average Bonchev–Trinajstić information content (AvgIpc) is 2.50. The van der Waals surface area contributed by atoms with E-state index in [1.54, 1.807) is 6.20 Å². The van der Waals surface area contributed by atoms with Crippen LogP contribution in [-0.2, 0) is 13.0 Å². The fraction of sp³-hybridized carbons (Fsp3) is 0.389. The Morgan fingerprint density at radius 2 is 1.81 bits per heavy atom. The van der Waals surface area contributed by atoms with Gasteiger partial charge in [0.1, 0.15) is 5.15 Å². The van der Waals surface area contributed by atoms with Gasteiger partial charge in [-0.15, -0.1) is 0 Å². The third-order valence-electron chi connectivity index (χ3n) is 4.27. The molecule has 110 valence electrons. The van der Waals surface area contributed by atoms with Crippen LogP contribution in [0.4, 0.5) is 0 Å². The number of pyridine rings is 1. The highest BCUT2D eigenvalue weighted by atomic mass is 35.5. The van der Waals surface area contributed by atoms with Crippen LogP contribution in [0.3, 0.4) is 0 Å². The number of halogens is 1. The molecule has 0 N–H and O–H groups in total.